The zero-order chi connectivity index (χ0) is 13.2. The number of anilines is 1. The van der Waals surface area contributed by atoms with Crippen molar-refractivity contribution in [2.24, 2.45) is 11.7 Å². The number of benzene rings is 1. The zero-order valence-electron chi connectivity index (χ0n) is 11.3. The molecule has 2 N–H and O–H groups in total. The number of thiocarbonyl (C=S) groups is 1. The Morgan fingerprint density at radius 1 is 1.05 bits per heavy atom. The van der Waals surface area contributed by atoms with Crippen molar-refractivity contribution in [1.82, 2.24) is 0 Å². The fourth-order valence-corrected chi connectivity index (χ4v) is 3.90. The van der Waals surface area contributed by atoms with Crippen molar-refractivity contribution in [3.63, 3.8) is 0 Å². The summed E-state index contributed by atoms with van der Waals surface area (Å²) in [7, 11) is 0. The summed E-state index contributed by atoms with van der Waals surface area (Å²) in [6.45, 7) is 1.20. The molecule has 3 heteroatoms. The fraction of sp³-hybridized carbons (Fsp3) is 0.562. The van der Waals surface area contributed by atoms with Crippen molar-refractivity contribution in [3.8, 4) is 0 Å². The second-order valence-corrected chi connectivity index (χ2v) is 6.30. The third-order valence-corrected chi connectivity index (χ3v) is 4.96. The summed E-state index contributed by atoms with van der Waals surface area (Å²) in [5.41, 5.74) is 7.97. The molecule has 1 atom stereocenters. The van der Waals surface area contributed by atoms with Crippen LogP contribution in [0.3, 0.4) is 0 Å². The summed E-state index contributed by atoms with van der Waals surface area (Å²) in [5.74, 6) is 0.915. The smallest absolute Gasteiger partial charge is 0.103 e. The van der Waals surface area contributed by atoms with E-state index in [1.54, 1.807) is 0 Å². The molecule has 1 aromatic rings. The van der Waals surface area contributed by atoms with Gasteiger partial charge in [0, 0.05) is 23.8 Å². The summed E-state index contributed by atoms with van der Waals surface area (Å²) in [4.78, 5) is 3.10. The molecule has 1 saturated carbocycles. The summed E-state index contributed by atoms with van der Waals surface area (Å²) >= 11 is 5.01. The van der Waals surface area contributed by atoms with E-state index in [2.05, 4.69) is 29.2 Å². The molecule has 0 radical (unpaired) electrons. The first-order valence-electron chi connectivity index (χ1n) is 7.42. The maximum Gasteiger partial charge on any atom is 0.103 e. The van der Waals surface area contributed by atoms with E-state index < -0.39 is 0 Å². The van der Waals surface area contributed by atoms with Gasteiger partial charge in [-0.2, -0.15) is 0 Å². The van der Waals surface area contributed by atoms with E-state index >= 15 is 0 Å². The minimum absolute atomic E-state index is 0.486. The Hall–Kier alpha value is -1.09. The fourth-order valence-electron chi connectivity index (χ4n) is 3.76. The van der Waals surface area contributed by atoms with Crippen LogP contribution in [0, 0.1) is 5.92 Å². The minimum atomic E-state index is 0.486. The van der Waals surface area contributed by atoms with Crippen molar-refractivity contribution in [1.29, 1.82) is 0 Å². The van der Waals surface area contributed by atoms with E-state index in [1.807, 2.05) is 0 Å². The average molecular weight is 274 g/mol. The predicted molar refractivity (Wildman–Crippen MR) is 84.7 cm³/mol. The standard InChI is InChI=1S/C16H22N2S/c17-16(19)13-7-9-14(10-8-13)18-11-3-6-15(18)12-4-1-2-5-12/h7-10,12,15H,1-6,11H2,(H2,17,19). The van der Waals surface area contributed by atoms with E-state index in [9.17, 15) is 0 Å². The molecule has 3 rings (SSSR count). The lowest BCUT2D eigenvalue weighted by atomic mass is 9.95. The Labute approximate surface area is 121 Å². The van der Waals surface area contributed by atoms with Gasteiger partial charge >= 0.3 is 0 Å². The summed E-state index contributed by atoms with van der Waals surface area (Å²) in [6, 6.07) is 9.24. The Bertz CT molecular complexity index is 448. The Balaban J connectivity index is 1.78. The molecule has 102 valence electrons. The van der Waals surface area contributed by atoms with Crippen LogP contribution in [0.4, 0.5) is 5.69 Å². The van der Waals surface area contributed by atoms with Crippen molar-refractivity contribution < 1.29 is 0 Å². The molecule has 0 spiro atoms. The van der Waals surface area contributed by atoms with Gasteiger partial charge in [-0.05, 0) is 55.9 Å². The lowest BCUT2D eigenvalue weighted by Gasteiger charge is -2.31. The van der Waals surface area contributed by atoms with Crippen LogP contribution in [-0.2, 0) is 0 Å². The molecule has 2 nitrogen and oxygen atoms in total. The molecule has 0 amide bonds. The molecule has 1 aliphatic heterocycles. The van der Waals surface area contributed by atoms with Gasteiger partial charge in [0.05, 0.1) is 0 Å². The van der Waals surface area contributed by atoms with Gasteiger partial charge in [-0.25, -0.2) is 0 Å². The molecular weight excluding hydrogens is 252 g/mol. The van der Waals surface area contributed by atoms with Gasteiger partial charge < -0.3 is 10.6 Å². The molecule has 2 aliphatic rings. The molecule has 1 aromatic carbocycles. The monoisotopic (exact) mass is 274 g/mol. The molecule has 0 aromatic heterocycles. The molecule has 19 heavy (non-hydrogen) atoms. The van der Waals surface area contributed by atoms with Gasteiger partial charge in [0.2, 0.25) is 0 Å². The summed E-state index contributed by atoms with van der Waals surface area (Å²) in [5, 5.41) is 0. The second-order valence-electron chi connectivity index (χ2n) is 5.86. The van der Waals surface area contributed by atoms with Gasteiger partial charge in [0.25, 0.3) is 0 Å². The highest BCUT2D eigenvalue weighted by atomic mass is 32.1. The predicted octanol–water partition coefficient (Wildman–Crippen LogP) is 3.48. The van der Waals surface area contributed by atoms with Gasteiger partial charge in [-0.3, -0.25) is 0 Å². The van der Waals surface area contributed by atoms with Crippen molar-refractivity contribution in [2.45, 2.75) is 44.6 Å². The van der Waals surface area contributed by atoms with E-state index in [1.165, 1.54) is 50.8 Å². The number of hydrogen-bond acceptors (Lipinski definition) is 2. The van der Waals surface area contributed by atoms with E-state index in [0.29, 0.717) is 4.99 Å². The van der Waals surface area contributed by atoms with Crippen LogP contribution in [0.25, 0.3) is 0 Å². The lowest BCUT2D eigenvalue weighted by molar-refractivity contribution is 0.431. The van der Waals surface area contributed by atoms with E-state index in [4.69, 9.17) is 18.0 Å². The average Bonchev–Trinajstić information content (AvgIpc) is 3.09. The van der Waals surface area contributed by atoms with Crippen molar-refractivity contribution in [2.75, 3.05) is 11.4 Å². The Morgan fingerprint density at radius 3 is 2.37 bits per heavy atom. The largest absolute Gasteiger partial charge is 0.389 e. The molecular formula is C16H22N2S. The normalized spacial score (nSPS) is 24.0. The number of nitrogens with zero attached hydrogens (tertiary/aromatic N) is 1. The zero-order valence-corrected chi connectivity index (χ0v) is 12.2. The minimum Gasteiger partial charge on any atom is -0.389 e. The maximum absolute atomic E-state index is 5.66. The quantitative estimate of drug-likeness (QED) is 0.856. The van der Waals surface area contributed by atoms with Crippen LogP contribution in [-0.4, -0.2) is 17.6 Å². The van der Waals surface area contributed by atoms with Gasteiger partial charge in [-0.1, -0.05) is 25.1 Å². The first kappa shape index (κ1) is 12.9. The van der Waals surface area contributed by atoms with Crippen LogP contribution in [0.2, 0.25) is 0 Å². The first-order valence-corrected chi connectivity index (χ1v) is 7.83. The topological polar surface area (TPSA) is 29.3 Å². The van der Waals surface area contributed by atoms with Crippen molar-refractivity contribution >= 4 is 22.9 Å². The SMILES string of the molecule is NC(=S)c1ccc(N2CCCC2C2CCCC2)cc1. The van der Waals surface area contributed by atoms with Crippen molar-refractivity contribution in [3.05, 3.63) is 29.8 Å². The molecule has 1 saturated heterocycles. The molecule has 0 bridgehead atoms. The third-order valence-electron chi connectivity index (χ3n) is 4.73. The highest BCUT2D eigenvalue weighted by Crippen LogP contribution is 2.37. The highest BCUT2D eigenvalue weighted by molar-refractivity contribution is 7.80. The van der Waals surface area contributed by atoms with Gasteiger partial charge in [-0.15, -0.1) is 0 Å². The third kappa shape index (κ3) is 2.62. The first-order chi connectivity index (χ1) is 9.25. The van der Waals surface area contributed by atoms with Crippen LogP contribution >= 0.6 is 12.2 Å². The van der Waals surface area contributed by atoms with Crippen LogP contribution in [0.5, 0.6) is 0 Å². The van der Waals surface area contributed by atoms with Gasteiger partial charge in [0.1, 0.15) is 4.99 Å². The summed E-state index contributed by atoms with van der Waals surface area (Å²) in [6.07, 6.45) is 8.39. The molecule has 1 aliphatic carbocycles. The van der Waals surface area contributed by atoms with E-state index in [0.717, 1.165) is 17.5 Å². The van der Waals surface area contributed by atoms with E-state index in [-0.39, 0.29) is 0 Å². The molecule has 1 unspecified atom stereocenters. The maximum atomic E-state index is 5.66. The van der Waals surface area contributed by atoms with Crippen LogP contribution in [0.1, 0.15) is 44.1 Å². The van der Waals surface area contributed by atoms with Crippen LogP contribution < -0.4 is 10.6 Å². The Kier molecular flexibility index (Phi) is 3.74. The summed E-state index contributed by atoms with van der Waals surface area (Å²) < 4.78 is 0. The lowest BCUT2D eigenvalue weighted by Crippen LogP contribution is -2.34. The second kappa shape index (κ2) is 5.49. The molecule has 2 fully saturated rings. The molecule has 1 heterocycles. The highest BCUT2D eigenvalue weighted by Gasteiger charge is 2.33. The number of nitrogens with two attached hydrogens (primary N) is 1. The van der Waals surface area contributed by atoms with Crippen LogP contribution in [0.15, 0.2) is 24.3 Å². The van der Waals surface area contributed by atoms with Gasteiger partial charge in [0.15, 0.2) is 0 Å². The Morgan fingerprint density at radius 2 is 1.74 bits per heavy atom. The number of rotatable bonds is 3. The number of hydrogen-bond donors (Lipinski definition) is 1.